The third kappa shape index (κ3) is 6.44. The first kappa shape index (κ1) is 20.5. The van der Waals surface area contributed by atoms with E-state index in [1.54, 1.807) is 24.3 Å². The molecular formula is C22H28N2O3. The minimum absolute atomic E-state index is 0.0421. The molecule has 0 aliphatic heterocycles. The Balaban J connectivity index is 1.82. The van der Waals surface area contributed by atoms with Crippen LogP contribution < -0.4 is 15.4 Å². The van der Waals surface area contributed by atoms with E-state index < -0.39 is 0 Å². The Hall–Kier alpha value is -2.82. The van der Waals surface area contributed by atoms with Crippen molar-refractivity contribution < 1.29 is 14.3 Å². The van der Waals surface area contributed by atoms with Crippen molar-refractivity contribution in [1.82, 2.24) is 0 Å². The maximum absolute atomic E-state index is 12.1. The molecule has 0 radical (unpaired) electrons. The topological polar surface area (TPSA) is 67.4 Å². The van der Waals surface area contributed by atoms with Gasteiger partial charge in [-0.05, 0) is 54.3 Å². The summed E-state index contributed by atoms with van der Waals surface area (Å²) in [5, 5.41) is 5.59. The Labute approximate surface area is 161 Å². The van der Waals surface area contributed by atoms with Gasteiger partial charge in [-0.1, -0.05) is 39.8 Å². The van der Waals surface area contributed by atoms with Crippen LogP contribution in [0.3, 0.4) is 0 Å². The van der Waals surface area contributed by atoms with Gasteiger partial charge in [0.25, 0.3) is 5.91 Å². The summed E-state index contributed by atoms with van der Waals surface area (Å²) in [5.74, 6) is 0.819. The number of amides is 2. The number of hydrogen-bond acceptors (Lipinski definition) is 3. The third-order valence-electron chi connectivity index (χ3n) is 4.39. The van der Waals surface area contributed by atoms with Crippen molar-refractivity contribution in [3.63, 3.8) is 0 Å². The van der Waals surface area contributed by atoms with E-state index in [-0.39, 0.29) is 24.3 Å². The molecule has 27 heavy (non-hydrogen) atoms. The Morgan fingerprint density at radius 3 is 1.96 bits per heavy atom. The number of carbonyl (C=O) groups is 2. The zero-order valence-corrected chi connectivity index (χ0v) is 16.4. The lowest BCUT2D eigenvalue weighted by molar-refractivity contribution is -0.119. The molecule has 5 nitrogen and oxygen atoms in total. The van der Waals surface area contributed by atoms with Crippen molar-refractivity contribution in [2.75, 3.05) is 17.2 Å². The maximum atomic E-state index is 12.1. The van der Waals surface area contributed by atoms with Crippen LogP contribution in [0.15, 0.2) is 48.5 Å². The van der Waals surface area contributed by atoms with Gasteiger partial charge in [0.15, 0.2) is 6.61 Å². The number of hydrogen-bond donors (Lipinski definition) is 2. The second kappa shape index (κ2) is 9.76. The van der Waals surface area contributed by atoms with Crippen molar-refractivity contribution in [3.8, 4) is 5.75 Å². The molecule has 0 aliphatic rings. The minimum atomic E-state index is -0.236. The van der Waals surface area contributed by atoms with Crippen molar-refractivity contribution >= 4 is 23.2 Å². The van der Waals surface area contributed by atoms with E-state index in [1.165, 1.54) is 5.56 Å². The van der Waals surface area contributed by atoms with Crippen LogP contribution >= 0.6 is 0 Å². The zero-order valence-electron chi connectivity index (χ0n) is 16.4. The number of nitrogens with one attached hydrogen (secondary N) is 2. The maximum Gasteiger partial charge on any atom is 0.262 e. The molecule has 1 atom stereocenters. The largest absolute Gasteiger partial charge is 0.484 e. The molecule has 2 N–H and O–H groups in total. The molecule has 0 saturated heterocycles. The van der Waals surface area contributed by atoms with E-state index in [0.29, 0.717) is 23.0 Å². The number of anilines is 2. The Morgan fingerprint density at radius 2 is 1.44 bits per heavy atom. The summed E-state index contributed by atoms with van der Waals surface area (Å²) in [6.45, 7) is 7.95. The van der Waals surface area contributed by atoms with Gasteiger partial charge in [-0.2, -0.15) is 0 Å². The zero-order chi connectivity index (χ0) is 19.8. The summed E-state index contributed by atoms with van der Waals surface area (Å²) in [4.78, 5) is 23.7. The smallest absolute Gasteiger partial charge is 0.262 e. The minimum Gasteiger partial charge on any atom is -0.484 e. The van der Waals surface area contributed by atoms with Crippen molar-refractivity contribution in [2.24, 2.45) is 5.92 Å². The van der Waals surface area contributed by atoms with Crippen LogP contribution in [0.1, 0.15) is 45.6 Å². The van der Waals surface area contributed by atoms with E-state index >= 15 is 0 Å². The van der Waals surface area contributed by atoms with Gasteiger partial charge in [-0.15, -0.1) is 0 Å². The van der Waals surface area contributed by atoms with Crippen LogP contribution in [0.5, 0.6) is 5.75 Å². The standard InChI is InChI=1S/C22H28N2O3/c1-5-16(4)17-6-12-20(13-7-17)27-14-21(25)23-18-8-10-19(11-9-18)24-22(26)15(2)3/h6-13,15-16H,5,14H2,1-4H3,(H,23,25)(H,24,26). The van der Waals surface area contributed by atoms with Crippen LogP contribution in [-0.2, 0) is 9.59 Å². The first-order valence-electron chi connectivity index (χ1n) is 9.32. The van der Waals surface area contributed by atoms with Crippen molar-refractivity contribution in [2.45, 2.75) is 40.0 Å². The predicted molar refractivity (Wildman–Crippen MR) is 109 cm³/mol. The normalized spacial score (nSPS) is 11.7. The summed E-state index contributed by atoms with van der Waals surface area (Å²) < 4.78 is 5.54. The molecule has 0 saturated carbocycles. The van der Waals surface area contributed by atoms with E-state index in [1.807, 2.05) is 38.1 Å². The molecule has 1 unspecified atom stereocenters. The summed E-state index contributed by atoms with van der Waals surface area (Å²) in [5.41, 5.74) is 2.61. The average Bonchev–Trinajstić information content (AvgIpc) is 2.67. The first-order valence-corrected chi connectivity index (χ1v) is 9.32. The van der Waals surface area contributed by atoms with Gasteiger partial charge in [0.2, 0.25) is 5.91 Å². The molecule has 144 valence electrons. The Kier molecular flexibility index (Phi) is 7.41. The third-order valence-corrected chi connectivity index (χ3v) is 4.39. The van der Waals surface area contributed by atoms with Crippen molar-refractivity contribution in [3.05, 3.63) is 54.1 Å². The molecule has 0 bridgehead atoms. The molecule has 5 heteroatoms. The lowest BCUT2D eigenvalue weighted by atomic mass is 9.99. The molecule has 2 aromatic carbocycles. The summed E-state index contributed by atoms with van der Waals surface area (Å²) >= 11 is 0. The number of rotatable bonds is 8. The molecule has 0 spiro atoms. The van der Waals surface area contributed by atoms with E-state index in [4.69, 9.17) is 4.74 Å². The van der Waals surface area contributed by atoms with Gasteiger partial charge in [0.05, 0.1) is 0 Å². The molecule has 0 heterocycles. The van der Waals surface area contributed by atoms with Gasteiger partial charge in [0, 0.05) is 17.3 Å². The highest BCUT2D eigenvalue weighted by molar-refractivity contribution is 5.94. The fourth-order valence-corrected chi connectivity index (χ4v) is 2.40. The van der Waals surface area contributed by atoms with E-state index in [0.717, 1.165) is 6.42 Å². The summed E-state index contributed by atoms with van der Waals surface area (Å²) in [7, 11) is 0. The predicted octanol–water partition coefficient (Wildman–Crippen LogP) is 4.81. The van der Waals surface area contributed by atoms with Crippen molar-refractivity contribution in [1.29, 1.82) is 0 Å². The summed E-state index contributed by atoms with van der Waals surface area (Å²) in [6, 6.07) is 14.8. The molecule has 0 aromatic heterocycles. The number of benzene rings is 2. The molecule has 2 aromatic rings. The first-order chi connectivity index (χ1) is 12.9. The Morgan fingerprint density at radius 1 is 0.889 bits per heavy atom. The highest BCUT2D eigenvalue weighted by Crippen LogP contribution is 2.21. The highest BCUT2D eigenvalue weighted by atomic mass is 16.5. The SMILES string of the molecule is CCC(C)c1ccc(OCC(=O)Nc2ccc(NC(=O)C(C)C)cc2)cc1. The lowest BCUT2D eigenvalue weighted by Gasteiger charge is -2.11. The highest BCUT2D eigenvalue weighted by Gasteiger charge is 2.08. The lowest BCUT2D eigenvalue weighted by Crippen LogP contribution is -2.20. The molecule has 2 amide bonds. The molecule has 2 rings (SSSR count). The fourth-order valence-electron chi connectivity index (χ4n) is 2.40. The number of carbonyl (C=O) groups excluding carboxylic acids is 2. The van der Waals surface area contributed by atoms with Crippen LogP contribution in [-0.4, -0.2) is 18.4 Å². The fraction of sp³-hybridized carbons (Fsp3) is 0.364. The summed E-state index contributed by atoms with van der Waals surface area (Å²) in [6.07, 6.45) is 1.09. The van der Waals surface area contributed by atoms with Gasteiger partial charge in [-0.3, -0.25) is 9.59 Å². The average molecular weight is 368 g/mol. The van der Waals surface area contributed by atoms with E-state index in [9.17, 15) is 9.59 Å². The molecular weight excluding hydrogens is 340 g/mol. The van der Waals surface area contributed by atoms with Gasteiger partial charge < -0.3 is 15.4 Å². The second-order valence-corrected chi connectivity index (χ2v) is 6.94. The van der Waals surface area contributed by atoms with Crippen LogP contribution in [0, 0.1) is 5.92 Å². The van der Waals surface area contributed by atoms with E-state index in [2.05, 4.69) is 24.5 Å². The van der Waals surface area contributed by atoms with Crippen LogP contribution in [0.4, 0.5) is 11.4 Å². The second-order valence-electron chi connectivity index (χ2n) is 6.94. The molecule has 0 aliphatic carbocycles. The van der Waals surface area contributed by atoms with Gasteiger partial charge >= 0.3 is 0 Å². The number of ether oxygens (including phenoxy) is 1. The quantitative estimate of drug-likeness (QED) is 0.702. The Bertz CT molecular complexity index is 752. The van der Waals surface area contributed by atoms with Crippen LogP contribution in [0.25, 0.3) is 0 Å². The van der Waals surface area contributed by atoms with Gasteiger partial charge in [0.1, 0.15) is 5.75 Å². The van der Waals surface area contributed by atoms with Gasteiger partial charge in [-0.25, -0.2) is 0 Å². The molecule has 0 fully saturated rings. The monoisotopic (exact) mass is 368 g/mol. The van der Waals surface area contributed by atoms with Crippen LogP contribution in [0.2, 0.25) is 0 Å².